The molecule has 0 radical (unpaired) electrons. The van der Waals surface area contributed by atoms with E-state index >= 15 is 0 Å². The van der Waals surface area contributed by atoms with Crippen LogP contribution in [0.1, 0.15) is 47.0 Å². The first-order valence-corrected chi connectivity index (χ1v) is 4.69. The smallest absolute Gasteiger partial charge is 0.0479 e. The first-order chi connectivity index (χ1) is 5.47. The quantitative estimate of drug-likeness (QED) is 0.647. The van der Waals surface area contributed by atoms with Crippen LogP contribution in [-0.2, 0) is 0 Å². The third kappa shape index (κ3) is 22.5. The van der Waals surface area contributed by atoms with E-state index in [1.165, 1.54) is 6.42 Å². The van der Waals surface area contributed by atoms with E-state index in [2.05, 4.69) is 6.92 Å². The molecule has 0 fully saturated rings. The van der Waals surface area contributed by atoms with Gasteiger partial charge in [0.15, 0.2) is 0 Å². The molecule has 2 N–H and O–H groups in total. The first-order valence-electron chi connectivity index (χ1n) is 4.69. The van der Waals surface area contributed by atoms with Crippen LogP contribution in [0, 0.1) is 5.41 Å². The highest BCUT2D eigenvalue weighted by Crippen LogP contribution is 2.09. The van der Waals surface area contributed by atoms with Gasteiger partial charge in [-0.1, -0.05) is 40.5 Å². The monoisotopic (exact) mass is 176 g/mol. The second-order valence-corrected chi connectivity index (χ2v) is 4.15. The maximum absolute atomic E-state index is 8.40. The SMILES string of the molecule is CC(C)(C)CO.CCCCCO. The Morgan fingerprint density at radius 2 is 1.42 bits per heavy atom. The van der Waals surface area contributed by atoms with Gasteiger partial charge in [0.05, 0.1) is 0 Å². The molecule has 76 valence electrons. The van der Waals surface area contributed by atoms with Crippen LogP contribution in [0.15, 0.2) is 0 Å². The van der Waals surface area contributed by atoms with Gasteiger partial charge in [0.25, 0.3) is 0 Å². The van der Waals surface area contributed by atoms with Crippen molar-refractivity contribution in [1.82, 2.24) is 0 Å². The summed E-state index contributed by atoms with van der Waals surface area (Å²) in [4.78, 5) is 0. The van der Waals surface area contributed by atoms with Gasteiger partial charge < -0.3 is 10.2 Å². The highest BCUT2D eigenvalue weighted by atomic mass is 16.3. The molecule has 0 aromatic heterocycles. The van der Waals surface area contributed by atoms with Gasteiger partial charge in [0.1, 0.15) is 0 Å². The fourth-order valence-corrected chi connectivity index (χ4v) is 0.362. The molecule has 0 atom stereocenters. The minimum absolute atomic E-state index is 0.0972. The average molecular weight is 176 g/mol. The van der Waals surface area contributed by atoms with E-state index < -0.39 is 0 Å². The molecule has 12 heavy (non-hydrogen) atoms. The summed E-state index contributed by atoms with van der Waals surface area (Å²) in [5.41, 5.74) is 0.0972. The van der Waals surface area contributed by atoms with Crippen molar-refractivity contribution >= 4 is 0 Å². The molecule has 0 aromatic carbocycles. The lowest BCUT2D eigenvalue weighted by atomic mass is 9.99. The standard InChI is InChI=1S/2C5H12O/c1-5(2,3)4-6;1-2-3-4-5-6/h6H,4H2,1-3H3;6H,2-5H2,1H3. The number of rotatable bonds is 3. The molecule has 0 aliphatic carbocycles. The predicted octanol–water partition coefficient (Wildman–Crippen LogP) is 2.19. The van der Waals surface area contributed by atoms with E-state index in [-0.39, 0.29) is 12.0 Å². The van der Waals surface area contributed by atoms with Crippen LogP contribution in [0.25, 0.3) is 0 Å². The average Bonchev–Trinajstić information content (AvgIpc) is 2.01. The predicted molar refractivity (Wildman–Crippen MR) is 53.2 cm³/mol. The van der Waals surface area contributed by atoms with E-state index in [4.69, 9.17) is 10.2 Å². The fraction of sp³-hybridized carbons (Fsp3) is 1.00. The van der Waals surface area contributed by atoms with Crippen molar-refractivity contribution in [3.63, 3.8) is 0 Å². The molecule has 0 aliphatic rings. The van der Waals surface area contributed by atoms with E-state index in [0.717, 1.165) is 12.8 Å². The van der Waals surface area contributed by atoms with Crippen LogP contribution in [0.5, 0.6) is 0 Å². The topological polar surface area (TPSA) is 40.5 Å². The van der Waals surface area contributed by atoms with Crippen molar-refractivity contribution in [2.45, 2.75) is 47.0 Å². The molecule has 0 saturated carbocycles. The molecule has 2 nitrogen and oxygen atoms in total. The number of aliphatic hydroxyl groups is 2. The third-order valence-electron chi connectivity index (χ3n) is 1.24. The van der Waals surface area contributed by atoms with Crippen molar-refractivity contribution in [3.8, 4) is 0 Å². The Balaban J connectivity index is 0. The number of hydrogen-bond acceptors (Lipinski definition) is 2. The minimum Gasteiger partial charge on any atom is -0.396 e. The van der Waals surface area contributed by atoms with Gasteiger partial charge >= 0.3 is 0 Å². The van der Waals surface area contributed by atoms with Crippen LogP contribution in [0.4, 0.5) is 0 Å². The van der Waals surface area contributed by atoms with Gasteiger partial charge in [-0.3, -0.25) is 0 Å². The van der Waals surface area contributed by atoms with Crippen LogP contribution >= 0.6 is 0 Å². The lowest BCUT2D eigenvalue weighted by Gasteiger charge is -2.11. The van der Waals surface area contributed by atoms with Gasteiger partial charge in [0.2, 0.25) is 0 Å². The van der Waals surface area contributed by atoms with Gasteiger partial charge in [0, 0.05) is 13.2 Å². The van der Waals surface area contributed by atoms with Crippen molar-refractivity contribution in [3.05, 3.63) is 0 Å². The maximum Gasteiger partial charge on any atom is 0.0479 e. The summed E-state index contributed by atoms with van der Waals surface area (Å²) in [6.45, 7) is 8.73. The summed E-state index contributed by atoms with van der Waals surface area (Å²) in [6.07, 6.45) is 3.33. The van der Waals surface area contributed by atoms with Gasteiger partial charge in [-0.15, -0.1) is 0 Å². The minimum atomic E-state index is 0.0972. The molecule has 2 heteroatoms. The Labute approximate surface area is 76.6 Å². The Hall–Kier alpha value is -0.0800. The number of hydrogen-bond donors (Lipinski definition) is 2. The molecular formula is C10H24O2. The second kappa shape index (κ2) is 9.01. The Bertz CT molecular complexity index is 70.4. The summed E-state index contributed by atoms with van der Waals surface area (Å²) in [6, 6.07) is 0. The zero-order valence-corrected chi connectivity index (χ0v) is 8.93. The van der Waals surface area contributed by atoms with Crippen LogP contribution < -0.4 is 0 Å². The van der Waals surface area contributed by atoms with Crippen molar-refractivity contribution in [1.29, 1.82) is 0 Å². The molecule has 0 heterocycles. The summed E-state index contributed by atoms with van der Waals surface area (Å²) >= 11 is 0. The van der Waals surface area contributed by atoms with Crippen molar-refractivity contribution in [2.75, 3.05) is 13.2 Å². The molecule has 0 aromatic rings. The molecular weight excluding hydrogens is 152 g/mol. The lowest BCUT2D eigenvalue weighted by molar-refractivity contribution is 0.177. The van der Waals surface area contributed by atoms with Crippen molar-refractivity contribution in [2.24, 2.45) is 5.41 Å². The fourth-order valence-electron chi connectivity index (χ4n) is 0.362. The highest BCUT2D eigenvalue weighted by molar-refractivity contribution is 4.55. The van der Waals surface area contributed by atoms with Crippen molar-refractivity contribution < 1.29 is 10.2 Å². The Kier molecular flexibility index (Phi) is 10.8. The van der Waals surface area contributed by atoms with E-state index in [1.807, 2.05) is 20.8 Å². The van der Waals surface area contributed by atoms with Gasteiger partial charge in [-0.05, 0) is 11.8 Å². The molecule has 0 bridgehead atoms. The highest BCUT2D eigenvalue weighted by Gasteiger charge is 2.05. The largest absolute Gasteiger partial charge is 0.396 e. The molecule has 0 unspecified atom stereocenters. The van der Waals surface area contributed by atoms with Crippen LogP contribution in [0.2, 0.25) is 0 Å². The van der Waals surface area contributed by atoms with Gasteiger partial charge in [-0.2, -0.15) is 0 Å². The lowest BCUT2D eigenvalue weighted by Crippen LogP contribution is -2.09. The Morgan fingerprint density at radius 3 is 1.50 bits per heavy atom. The molecule has 0 rings (SSSR count). The summed E-state index contributed by atoms with van der Waals surface area (Å²) in [5.74, 6) is 0. The molecule has 0 spiro atoms. The van der Waals surface area contributed by atoms with E-state index in [1.54, 1.807) is 0 Å². The zero-order valence-electron chi connectivity index (χ0n) is 8.93. The summed E-state index contributed by atoms with van der Waals surface area (Å²) < 4.78 is 0. The Morgan fingerprint density at radius 1 is 1.00 bits per heavy atom. The normalized spacial score (nSPS) is 10.5. The molecule has 0 saturated heterocycles. The number of unbranched alkanes of at least 4 members (excludes halogenated alkanes) is 2. The van der Waals surface area contributed by atoms with Crippen LogP contribution in [-0.4, -0.2) is 23.4 Å². The third-order valence-corrected chi connectivity index (χ3v) is 1.24. The van der Waals surface area contributed by atoms with Crippen LogP contribution in [0.3, 0.4) is 0 Å². The second-order valence-electron chi connectivity index (χ2n) is 4.15. The summed E-state index contributed by atoms with van der Waals surface area (Å²) in [7, 11) is 0. The molecule has 0 amide bonds. The number of aliphatic hydroxyl groups excluding tert-OH is 2. The van der Waals surface area contributed by atoms with E-state index in [9.17, 15) is 0 Å². The maximum atomic E-state index is 8.40. The van der Waals surface area contributed by atoms with Gasteiger partial charge in [-0.25, -0.2) is 0 Å². The zero-order chi connectivity index (χ0) is 10.0. The van der Waals surface area contributed by atoms with E-state index in [0.29, 0.717) is 6.61 Å². The molecule has 0 aliphatic heterocycles. The summed E-state index contributed by atoms with van der Waals surface area (Å²) in [5, 5.41) is 16.6. The first kappa shape index (κ1) is 14.4.